The summed E-state index contributed by atoms with van der Waals surface area (Å²) in [5, 5.41) is 10.5. The summed E-state index contributed by atoms with van der Waals surface area (Å²) in [6, 6.07) is 11.5. The molecule has 2 aromatic carbocycles. The minimum atomic E-state index is -4.43. The predicted molar refractivity (Wildman–Crippen MR) is 73.8 cm³/mol. The van der Waals surface area contributed by atoms with E-state index in [1.165, 1.54) is 12.1 Å². The topological polar surface area (TPSA) is 91.0 Å². The summed E-state index contributed by atoms with van der Waals surface area (Å²) < 4.78 is 32.6. The Bertz CT molecular complexity index is 988. The van der Waals surface area contributed by atoms with Crippen LogP contribution in [0.15, 0.2) is 47.5 Å². The third-order valence-corrected chi connectivity index (χ3v) is 3.97. The van der Waals surface area contributed by atoms with E-state index in [4.69, 9.17) is 5.26 Å². The van der Waals surface area contributed by atoms with E-state index in [1.54, 1.807) is 30.5 Å². The molecule has 0 aliphatic carbocycles. The number of benzene rings is 2. The molecule has 0 aliphatic rings. The van der Waals surface area contributed by atoms with Crippen molar-refractivity contribution in [2.45, 2.75) is 4.90 Å². The van der Waals surface area contributed by atoms with Crippen LogP contribution in [0, 0.1) is 11.3 Å². The average Bonchev–Trinajstić information content (AvgIpc) is 2.44. The first kappa shape index (κ1) is 12.5. The fraction of sp³-hybridized carbons (Fsp3) is 0. The maximum absolute atomic E-state index is 11.6. The zero-order chi connectivity index (χ0) is 14.3. The fourth-order valence-corrected chi connectivity index (χ4v) is 3.04. The van der Waals surface area contributed by atoms with Gasteiger partial charge in [-0.25, -0.2) is 0 Å². The van der Waals surface area contributed by atoms with E-state index in [0.29, 0.717) is 16.3 Å². The van der Waals surface area contributed by atoms with Gasteiger partial charge < -0.3 is 0 Å². The van der Waals surface area contributed by atoms with Crippen LogP contribution >= 0.6 is 0 Å². The van der Waals surface area contributed by atoms with Crippen LogP contribution in [0.3, 0.4) is 0 Å². The normalized spacial score (nSPS) is 11.6. The van der Waals surface area contributed by atoms with Crippen LogP contribution in [-0.4, -0.2) is 18.0 Å². The smallest absolute Gasteiger partial charge is 0.282 e. The summed E-state index contributed by atoms with van der Waals surface area (Å²) in [5.41, 5.74) is 0.773. The van der Waals surface area contributed by atoms with Crippen LogP contribution in [0.1, 0.15) is 5.56 Å². The van der Waals surface area contributed by atoms with Gasteiger partial charge in [-0.05, 0) is 18.2 Å². The summed E-state index contributed by atoms with van der Waals surface area (Å²) in [6.45, 7) is 0. The Kier molecular flexibility index (Phi) is 2.67. The van der Waals surface area contributed by atoms with Crippen molar-refractivity contribution in [2.24, 2.45) is 0 Å². The van der Waals surface area contributed by atoms with Crippen LogP contribution in [-0.2, 0) is 10.1 Å². The van der Waals surface area contributed by atoms with Crippen molar-refractivity contribution >= 4 is 31.8 Å². The predicted octanol–water partition coefficient (Wildman–Crippen LogP) is 2.51. The van der Waals surface area contributed by atoms with Gasteiger partial charge >= 0.3 is 0 Å². The lowest BCUT2D eigenvalue weighted by Gasteiger charge is -2.08. The highest BCUT2D eigenvalue weighted by molar-refractivity contribution is 7.86. The summed E-state index contributed by atoms with van der Waals surface area (Å²) >= 11 is 0. The van der Waals surface area contributed by atoms with Crippen molar-refractivity contribution in [3.05, 3.63) is 48.2 Å². The molecule has 0 atom stereocenters. The largest absolute Gasteiger partial charge is 0.295 e. The number of rotatable bonds is 1. The molecule has 1 aromatic heterocycles. The highest BCUT2D eigenvalue weighted by atomic mass is 32.2. The second kappa shape index (κ2) is 4.27. The molecule has 0 aliphatic heterocycles. The maximum Gasteiger partial charge on any atom is 0.295 e. The SMILES string of the molecule is N#Cc1cccc2c1c(S(=O)(=O)O)cc1cccnc12. The van der Waals surface area contributed by atoms with Crippen LogP contribution in [0.25, 0.3) is 21.7 Å². The average molecular weight is 284 g/mol. The van der Waals surface area contributed by atoms with Gasteiger partial charge in [0.2, 0.25) is 0 Å². The molecule has 5 nitrogen and oxygen atoms in total. The Hall–Kier alpha value is -2.49. The molecule has 0 saturated heterocycles. The van der Waals surface area contributed by atoms with E-state index in [1.807, 2.05) is 6.07 Å². The van der Waals surface area contributed by atoms with E-state index in [0.717, 1.165) is 0 Å². The number of nitrogens with zero attached hydrogens (tertiary/aromatic N) is 2. The molecule has 98 valence electrons. The second-order valence-corrected chi connectivity index (χ2v) is 5.65. The Morgan fingerprint density at radius 3 is 2.70 bits per heavy atom. The molecule has 0 amide bonds. The molecule has 3 rings (SSSR count). The minimum absolute atomic E-state index is 0.183. The molecule has 0 fully saturated rings. The second-order valence-electron chi connectivity index (χ2n) is 4.26. The number of hydrogen-bond donors (Lipinski definition) is 1. The quantitative estimate of drug-likeness (QED) is 0.547. The van der Waals surface area contributed by atoms with Crippen LogP contribution in [0.2, 0.25) is 0 Å². The third kappa shape index (κ3) is 1.81. The molecule has 20 heavy (non-hydrogen) atoms. The lowest BCUT2D eigenvalue weighted by Crippen LogP contribution is -2.01. The van der Waals surface area contributed by atoms with Crippen molar-refractivity contribution in [2.75, 3.05) is 0 Å². The highest BCUT2D eigenvalue weighted by Crippen LogP contribution is 2.32. The van der Waals surface area contributed by atoms with E-state index in [-0.39, 0.29) is 15.8 Å². The van der Waals surface area contributed by atoms with Gasteiger partial charge in [0.15, 0.2) is 0 Å². The van der Waals surface area contributed by atoms with Crippen molar-refractivity contribution in [1.82, 2.24) is 4.98 Å². The third-order valence-electron chi connectivity index (χ3n) is 3.09. The van der Waals surface area contributed by atoms with E-state index >= 15 is 0 Å². The number of nitriles is 1. The van der Waals surface area contributed by atoms with Gasteiger partial charge in [-0.15, -0.1) is 0 Å². The number of pyridine rings is 1. The Morgan fingerprint density at radius 2 is 2.00 bits per heavy atom. The highest BCUT2D eigenvalue weighted by Gasteiger charge is 2.19. The zero-order valence-corrected chi connectivity index (χ0v) is 10.9. The Labute approximate surface area is 114 Å². The molecule has 1 heterocycles. The summed E-state index contributed by atoms with van der Waals surface area (Å²) in [6.07, 6.45) is 1.59. The van der Waals surface area contributed by atoms with Crippen LogP contribution < -0.4 is 0 Å². The summed E-state index contributed by atoms with van der Waals surface area (Å²) in [4.78, 5) is 3.95. The molecule has 0 bridgehead atoms. The molecule has 0 saturated carbocycles. The molecule has 0 radical (unpaired) electrons. The standard InChI is InChI=1S/C14H8N2O3S/c15-8-10-3-1-5-11-13(10)12(20(17,18)19)7-9-4-2-6-16-14(9)11/h1-7H,(H,17,18,19). The lowest BCUT2D eigenvalue weighted by molar-refractivity contribution is 0.484. The molecule has 1 N–H and O–H groups in total. The number of aromatic nitrogens is 1. The monoisotopic (exact) mass is 284 g/mol. The maximum atomic E-state index is 11.6. The number of fused-ring (bicyclic) bond motifs is 3. The first-order valence-corrected chi connectivity index (χ1v) is 7.14. The molecule has 0 unspecified atom stereocenters. The van der Waals surface area contributed by atoms with Gasteiger partial charge in [-0.3, -0.25) is 9.54 Å². The van der Waals surface area contributed by atoms with Gasteiger partial charge in [-0.1, -0.05) is 18.2 Å². The van der Waals surface area contributed by atoms with Gasteiger partial charge in [0.25, 0.3) is 10.1 Å². The van der Waals surface area contributed by atoms with Crippen molar-refractivity contribution < 1.29 is 13.0 Å². The first-order valence-electron chi connectivity index (χ1n) is 5.70. The van der Waals surface area contributed by atoms with Crippen LogP contribution in [0.5, 0.6) is 0 Å². The fourth-order valence-electron chi connectivity index (χ4n) is 2.28. The van der Waals surface area contributed by atoms with Gasteiger partial charge in [-0.2, -0.15) is 13.7 Å². The minimum Gasteiger partial charge on any atom is -0.282 e. The Morgan fingerprint density at radius 1 is 1.20 bits per heavy atom. The summed E-state index contributed by atoms with van der Waals surface area (Å²) in [7, 11) is -4.43. The van der Waals surface area contributed by atoms with E-state index < -0.39 is 10.1 Å². The van der Waals surface area contributed by atoms with Crippen LogP contribution in [0.4, 0.5) is 0 Å². The molecular formula is C14H8N2O3S. The van der Waals surface area contributed by atoms with E-state index in [9.17, 15) is 13.0 Å². The first-order chi connectivity index (χ1) is 9.52. The van der Waals surface area contributed by atoms with Crippen molar-refractivity contribution in [3.63, 3.8) is 0 Å². The molecule has 3 aromatic rings. The van der Waals surface area contributed by atoms with Crippen molar-refractivity contribution in [3.8, 4) is 6.07 Å². The lowest BCUT2D eigenvalue weighted by atomic mass is 10.0. The van der Waals surface area contributed by atoms with Gasteiger partial charge in [0.1, 0.15) is 4.90 Å². The Balaban J connectivity index is 2.70. The molecular weight excluding hydrogens is 276 g/mol. The molecule has 6 heteroatoms. The van der Waals surface area contributed by atoms with Gasteiger partial charge in [0.05, 0.1) is 17.1 Å². The van der Waals surface area contributed by atoms with Gasteiger partial charge in [0, 0.05) is 22.4 Å². The zero-order valence-electron chi connectivity index (χ0n) is 10.1. The van der Waals surface area contributed by atoms with Crippen molar-refractivity contribution in [1.29, 1.82) is 5.26 Å². The number of hydrogen-bond acceptors (Lipinski definition) is 4. The van der Waals surface area contributed by atoms with E-state index in [2.05, 4.69) is 4.98 Å². The molecule has 0 spiro atoms. The summed E-state index contributed by atoms with van der Waals surface area (Å²) in [5.74, 6) is 0.